The van der Waals surface area contributed by atoms with Crippen LogP contribution in [0.15, 0.2) is 47.6 Å². The largest absolute Gasteiger partial charge is 0.302 e. The molecule has 146 valence electrons. The van der Waals surface area contributed by atoms with Crippen LogP contribution >= 0.6 is 11.8 Å². The number of aromatic nitrogens is 3. The molecule has 0 aliphatic heterocycles. The molecule has 1 atom stereocenters. The molecule has 28 heavy (non-hydrogen) atoms. The van der Waals surface area contributed by atoms with E-state index in [1.165, 1.54) is 17.8 Å². The van der Waals surface area contributed by atoms with Crippen molar-refractivity contribution in [3.8, 4) is 11.4 Å². The third kappa shape index (κ3) is 4.30. The van der Waals surface area contributed by atoms with E-state index in [9.17, 15) is 13.6 Å². The van der Waals surface area contributed by atoms with Gasteiger partial charge in [0.05, 0.1) is 10.8 Å². The van der Waals surface area contributed by atoms with Gasteiger partial charge in [-0.05, 0) is 38.5 Å². The first kappa shape index (κ1) is 20.2. The third-order valence-electron chi connectivity index (χ3n) is 4.29. The molecule has 7 heteroatoms. The summed E-state index contributed by atoms with van der Waals surface area (Å²) in [7, 11) is 0. The lowest BCUT2D eigenvalue weighted by Crippen LogP contribution is -2.16. The Kier molecular flexibility index (Phi) is 6.24. The Morgan fingerprint density at radius 1 is 1.18 bits per heavy atom. The third-order valence-corrected chi connectivity index (χ3v) is 5.37. The lowest BCUT2D eigenvalue weighted by atomic mass is 10.1. The number of carbonyl (C=O) groups excluding carboxylic acids is 1. The zero-order valence-electron chi connectivity index (χ0n) is 15.9. The van der Waals surface area contributed by atoms with Crippen molar-refractivity contribution in [1.82, 2.24) is 14.8 Å². The summed E-state index contributed by atoms with van der Waals surface area (Å²) in [6.07, 6.45) is 0.874. The quantitative estimate of drug-likeness (QED) is 0.398. The summed E-state index contributed by atoms with van der Waals surface area (Å²) in [5.41, 5.74) is 1.95. The van der Waals surface area contributed by atoms with Crippen molar-refractivity contribution in [2.24, 2.45) is 0 Å². The molecule has 1 unspecified atom stereocenters. The molecule has 4 nitrogen and oxygen atoms in total. The molecule has 0 aliphatic carbocycles. The van der Waals surface area contributed by atoms with Crippen LogP contribution in [0, 0.1) is 18.6 Å². The maximum Gasteiger partial charge on any atom is 0.192 e. The molecule has 0 fully saturated rings. The first-order chi connectivity index (χ1) is 13.4. The van der Waals surface area contributed by atoms with E-state index in [1.807, 2.05) is 35.8 Å². The summed E-state index contributed by atoms with van der Waals surface area (Å²) < 4.78 is 29.0. The SMILES string of the molecule is CCCn1c(SC(C)C(=O)c2ccc(F)cc2F)nnc1-c1cccc(C)c1. The number of halogens is 2. The van der Waals surface area contributed by atoms with Crippen molar-refractivity contribution in [3.63, 3.8) is 0 Å². The Labute approximate surface area is 167 Å². The van der Waals surface area contributed by atoms with E-state index in [4.69, 9.17) is 0 Å². The fraction of sp³-hybridized carbons (Fsp3) is 0.286. The second-order valence-corrected chi connectivity index (χ2v) is 7.88. The van der Waals surface area contributed by atoms with Crippen molar-refractivity contribution < 1.29 is 13.6 Å². The van der Waals surface area contributed by atoms with E-state index in [0.29, 0.717) is 11.7 Å². The molecule has 0 saturated carbocycles. The van der Waals surface area contributed by atoms with Gasteiger partial charge in [0.1, 0.15) is 11.6 Å². The number of ketones is 1. The van der Waals surface area contributed by atoms with Gasteiger partial charge in [-0.1, -0.05) is 42.4 Å². The Balaban J connectivity index is 1.88. The van der Waals surface area contributed by atoms with E-state index in [2.05, 4.69) is 17.1 Å². The van der Waals surface area contributed by atoms with E-state index in [-0.39, 0.29) is 5.56 Å². The Morgan fingerprint density at radius 2 is 1.96 bits per heavy atom. The lowest BCUT2D eigenvalue weighted by Gasteiger charge is -2.13. The topological polar surface area (TPSA) is 47.8 Å². The van der Waals surface area contributed by atoms with Crippen LogP contribution in [-0.2, 0) is 6.54 Å². The predicted octanol–water partition coefficient (Wildman–Crippen LogP) is 5.31. The van der Waals surface area contributed by atoms with E-state index in [0.717, 1.165) is 35.5 Å². The minimum atomic E-state index is -0.854. The summed E-state index contributed by atoms with van der Waals surface area (Å²) in [6, 6.07) is 11.0. The highest BCUT2D eigenvalue weighted by atomic mass is 32.2. The molecule has 0 bridgehead atoms. The highest BCUT2D eigenvalue weighted by molar-refractivity contribution is 8.00. The highest BCUT2D eigenvalue weighted by Gasteiger charge is 2.23. The second kappa shape index (κ2) is 8.65. The van der Waals surface area contributed by atoms with Gasteiger partial charge in [0.15, 0.2) is 16.8 Å². The molecule has 0 amide bonds. The number of hydrogen-bond donors (Lipinski definition) is 0. The van der Waals surface area contributed by atoms with Crippen LogP contribution in [0.4, 0.5) is 8.78 Å². The van der Waals surface area contributed by atoms with E-state index >= 15 is 0 Å². The molecule has 1 heterocycles. The van der Waals surface area contributed by atoms with Gasteiger partial charge in [-0.2, -0.15) is 0 Å². The highest BCUT2D eigenvalue weighted by Crippen LogP contribution is 2.29. The number of hydrogen-bond acceptors (Lipinski definition) is 4. The molecule has 0 aliphatic rings. The second-order valence-electron chi connectivity index (χ2n) is 6.58. The van der Waals surface area contributed by atoms with Crippen molar-refractivity contribution in [2.45, 2.75) is 44.1 Å². The first-order valence-electron chi connectivity index (χ1n) is 9.07. The number of nitrogens with zero attached hydrogens (tertiary/aromatic N) is 3. The normalized spacial score (nSPS) is 12.2. The number of carbonyl (C=O) groups is 1. The van der Waals surface area contributed by atoms with Crippen LogP contribution in [0.25, 0.3) is 11.4 Å². The number of thioether (sulfide) groups is 1. The van der Waals surface area contributed by atoms with Crippen LogP contribution in [0.3, 0.4) is 0 Å². The molecule has 0 radical (unpaired) electrons. The van der Waals surface area contributed by atoms with Gasteiger partial charge in [-0.3, -0.25) is 4.79 Å². The van der Waals surface area contributed by atoms with E-state index < -0.39 is 22.7 Å². The van der Waals surface area contributed by atoms with Gasteiger partial charge >= 0.3 is 0 Å². The van der Waals surface area contributed by atoms with Crippen molar-refractivity contribution in [1.29, 1.82) is 0 Å². The molecule has 0 saturated heterocycles. The van der Waals surface area contributed by atoms with Gasteiger partial charge < -0.3 is 4.57 Å². The van der Waals surface area contributed by atoms with Crippen LogP contribution in [0.2, 0.25) is 0 Å². The summed E-state index contributed by atoms with van der Waals surface area (Å²) >= 11 is 1.23. The van der Waals surface area contributed by atoms with Gasteiger partial charge in [-0.25, -0.2) is 8.78 Å². The molecule has 2 aromatic carbocycles. The number of benzene rings is 2. The average molecular weight is 401 g/mol. The summed E-state index contributed by atoms with van der Waals surface area (Å²) in [5.74, 6) is -1.24. The number of rotatable bonds is 7. The Morgan fingerprint density at radius 3 is 2.64 bits per heavy atom. The van der Waals surface area contributed by atoms with Crippen LogP contribution in [0.5, 0.6) is 0 Å². The molecule has 0 N–H and O–H groups in total. The van der Waals surface area contributed by atoms with Crippen LogP contribution in [0.1, 0.15) is 36.2 Å². The Bertz CT molecular complexity index is 1000. The summed E-state index contributed by atoms with van der Waals surface area (Å²) in [6.45, 7) is 6.45. The zero-order chi connectivity index (χ0) is 20.3. The number of aryl methyl sites for hydroxylation is 1. The maximum atomic E-state index is 14.0. The van der Waals surface area contributed by atoms with Gasteiger partial charge in [-0.15, -0.1) is 10.2 Å². The monoisotopic (exact) mass is 401 g/mol. The molecular weight excluding hydrogens is 380 g/mol. The predicted molar refractivity (Wildman–Crippen MR) is 106 cm³/mol. The van der Waals surface area contributed by atoms with Gasteiger partial charge in [0.2, 0.25) is 0 Å². The fourth-order valence-corrected chi connectivity index (χ4v) is 3.86. The average Bonchev–Trinajstić information content (AvgIpc) is 3.04. The molecule has 1 aromatic heterocycles. The fourth-order valence-electron chi connectivity index (χ4n) is 2.92. The summed E-state index contributed by atoms with van der Waals surface area (Å²) in [5, 5.41) is 8.59. The molecule has 0 spiro atoms. The van der Waals surface area contributed by atoms with Gasteiger partial charge in [0.25, 0.3) is 0 Å². The van der Waals surface area contributed by atoms with Crippen molar-refractivity contribution in [2.75, 3.05) is 0 Å². The van der Waals surface area contributed by atoms with Crippen molar-refractivity contribution in [3.05, 3.63) is 65.2 Å². The minimum absolute atomic E-state index is 0.123. The number of Topliss-reactive ketones (excluding diaryl/α,β-unsaturated/α-hetero) is 1. The Hall–Kier alpha value is -2.54. The van der Waals surface area contributed by atoms with Crippen LogP contribution in [-0.4, -0.2) is 25.8 Å². The maximum absolute atomic E-state index is 14.0. The van der Waals surface area contributed by atoms with Crippen LogP contribution < -0.4 is 0 Å². The standard InChI is InChI=1S/C21H21F2N3OS/c1-4-10-26-20(15-7-5-6-13(2)11-15)24-25-21(26)28-14(3)19(27)17-9-8-16(22)12-18(17)23/h5-9,11-12,14H,4,10H2,1-3H3. The lowest BCUT2D eigenvalue weighted by molar-refractivity contribution is 0.0990. The molecule has 3 rings (SSSR count). The molecule has 3 aromatic rings. The van der Waals surface area contributed by atoms with E-state index in [1.54, 1.807) is 6.92 Å². The first-order valence-corrected chi connectivity index (χ1v) is 9.94. The summed E-state index contributed by atoms with van der Waals surface area (Å²) in [4.78, 5) is 12.6. The zero-order valence-corrected chi connectivity index (χ0v) is 16.8. The smallest absolute Gasteiger partial charge is 0.192 e. The minimum Gasteiger partial charge on any atom is -0.302 e. The van der Waals surface area contributed by atoms with Gasteiger partial charge in [0, 0.05) is 18.2 Å². The molecular formula is C21H21F2N3OS. The van der Waals surface area contributed by atoms with Crippen molar-refractivity contribution >= 4 is 17.5 Å².